The Kier molecular flexibility index (Phi) is 4.58. The largest absolute Gasteiger partial charge is 0.442 e. The fraction of sp³-hybridized carbons (Fsp3) is 0.529. The molecule has 1 aromatic rings. The third-order valence-corrected chi connectivity index (χ3v) is 3.34. The second-order valence-corrected chi connectivity index (χ2v) is 6.33. The quantitative estimate of drug-likeness (QED) is 0.565. The topological polar surface area (TPSA) is 38.7 Å². The van der Waals surface area contributed by atoms with E-state index in [1.807, 2.05) is 26.8 Å². The van der Waals surface area contributed by atoms with Crippen molar-refractivity contribution in [3.63, 3.8) is 0 Å². The van der Waals surface area contributed by atoms with Gasteiger partial charge in [0.25, 0.3) is 0 Å². The van der Waals surface area contributed by atoms with Gasteiger partial charge in [-0.2, -0.15) is 4.99 Å². The maximum absolute atomic E-state index is 11.6. The van der Waals surface area contributed by atoms with Gasteiger partial charge in [0.2, 0.25) is 0 Å². The minimum absolute atomic E-state index is 0.498. The number of carbonyl (C=O) groups excluding carboxylic acids is 1. The van der Waals surface area contributed by atoms with Crippen molar-refractivity contribution in [2.45, 2.75) is 58.5 Å². The van der Waals surface area contributed by atoms with Crippen LogP contribution in [0.5, 0.6) is 0 Å². The third kappa shape index (κ3) is 4.48. The smallest absolute Gasteiger partial charge is 0.434 e. The van der Waals surface area contributed by atoms with Crippen LogP contribution in [-0.2, 0) is 17.6 Å². The first kappa shape index (κ1) is 14.8. The van der Waals surface area contributed by atoms with Crippen molar-refractivity contribution in [2.24, 2.45) is 4.99 Å². The Morgan fingerprint density at radius 2 is 1.85 bits per heavy atom. The van der Waals surface area contributed by atoms with Crippen molar-refractivity contribution < 1.29 is 9.53 Å². The summed E-state index contributed by atoms with van der Waals surface area (Å²) >= 11 is 0. The molecule has 0 fully saturated rings. The number of aryl methyl sites for hydroxylation is 2. The van der Waals surface area contributed by atoms with E-state index >= 15 is 0 Å². The van der Waals surface area contributed by atoms with Gasteiger partial charge in [0.05, 0.1) is 0 Å². The van der Waals surface area contributed by atoms with Crippen LogP contribution in [0.25, 0.3) is 0 Å². The van der Waals surface area contributed by atoms with Crippen LogP contribution in [0.2, 0.25) is 0 Å². The molecule has 0 saturated carbocycles. The SMILES string of the molecule is CC(C)(C)OC(=O)N=Cc1ccc2c(c1)CCCCC2. The minimum Gasteiger partial charge on any atom is -0.442 e. The number of benzene rings is 1. The number of ether oxygens (including phenoxy) is 1. The molecule has 0 unspecified atom stereocenters. The molecule has 20 heavy (non-hydrogen) atoms. The van der Waals surface area contributed by atoms with Gasteiger partial charge in [0.1, 0.15) is 5.60 Å². The van der Waals surface area contributed by atoms with Gasteiger partial charge in [-0.15, -0.1) is 0 Å². The first-order chi connectivity index (χ1) is 9.44. The Morgan fingerprint density at radius 1 is 1.15 bits per heavy atom. The lowest BCUT2D eigenvalue weighted by Gasteiger charge is -2.17. The summed E-state index contributed by atoms with van der Waals surface area (Å²) in [5.74, 6) is 0. The molecule has 0 spiro atoms. The van der Waals surface area contributed by atoms with Crippen LogP contribution < -0.4 is 0 Å². The second kappa shape index (κ2) is 6.21. The van der Waals surface area contributed by atoms with E-state index in [0.29, 0.717) is 0 Å². The molecule has 0 aromatic heterocycles. The van der Waals surface area contributed by atoms with Crippen LogP contribution in [0.1, 0.15) is 56.7 Å². The van der Waals surface area contributed by atoms with Crippen LogP contribution in [0.4, 0.5) is 4.79 Å². The van der Waals surface area contributed by atoms with Crippen molar-refractivity contribution in [2.75, 3.05) is 0 Å². The molecule has 1 aliphatic rings. The fourth-order valence-corrected chi connectivity index (χ4v) is 2.43. The highest BCUT2D eigenvalue weighted by molar-refractivity contribution is 5.89. The predicted molar refractivity (Wildman–Crippen MR) is 81.5 cm³/mol. The molecule has 0 saturated heterocycles. The molecule has 0 heterocycles. The number of aliphatic imine (C=N–C) groups is 1. The summed E-state index contributed by atoms with van der Waals surface area (Å²) in [6.07, 6.45) is 7.18. The molecule has 0 radical (unpaired) electrons. The molecule has 1 aliphatic carbocycles. The first-order valence-corrected chi connectivity index (χ1v) is 7.33. The van der Waals surface area contributed by atoms with Gasteiger partial charge in [0.15, 0.2) is 0 Å². The zero-order valence-electron chi connectivity index (χ0n) is 12.6. The second-order valence-electron chi connectivity index (χ2n) is 6.33. The van der Waals surface area contributed by atoms with Crippen LogP contribution in [0.3, 0.4) is 0 Å². The van der Waals surface area contributed by atoms with Crippen molar-refractivity contribution in [1.29, 1.82) is 0 Å². The maximum atomic E-state index is 11.6. The average molecular weight is 273 g/mol. The Hall–Kier alpha value is -1.64. The first-order valence-electron chi connectivity index (χ1n) is 7.33. The van der Waals surface area contributed by atoms with Crippen LogP contribution >= 0.6 is 0 Å². The summed E-state index contributed by atoms with van der Waals surface area (Å²) < 4.78 is 5.16. The molecule has 0 aliphatic heterocycles. The van der Waals surface area contributed by atoms with E-state index in [2.05, 4.69) is 17.1 Å². The van der Waals surface area contributed by atoms with E-state index in [-0.39, 0.29) is 0 Å². The highest BCUT2D eigenvalue weighted by atomic mass is 16.6. The molecule has 3 heteroatoms. The molecule has 1 aromatic carbocycles. The van der Waals surface area contributed by atoms with Gasteiger partial charge in [-0.05, 0) is 69.2 Å². The standard InChI is InChI=1S/C17H23NO2/c1-17(2,3)20-16(19)18-12-13-9-10-14-7-5-4-6-8-15(14)11-13/h9-12H,4-8H2,1-3H3. The molecule has 0 atom stereocenters. The summed E-state index contributed by atoms with van der Waals surface area (Å²) in [5.41, 5.74) is 3.31. The van der Waals surface area contributed by atoms with Crippen molar-refractivity contribution in [3.8, 4) is 0 Å². The molecular formula is C17H23NO2. The van der Waals surface area contributed by atoms with Crippen molar-refractivity contribution >= 4 is 12.3 Å². The molecule has 0 N–H and O–H groups in total. The monoisotopic (exact) mass is 273 g/mol. The van der Waals surface area contributed by atoms with Gasteiger partial charge in [0, 0.05) is 6.21 Å². The molecule has 108 valence electrons. The third-order valence-electron chi connectivity index (χ3n) is 3.34. The van der Waals surface area contributed by atoms with E-state index in [4.69, 9.17) is 4.74 Å². The normalized spacial score (nSPS) is 15.8. The van der Waals surface area contributed by atoms with E-state index in [1.165, 1.54) is 36.8 Å². The van der Waals surface area contributed by atoms with Gasteiger partial charge < -0.3 is 4.74 Å². The van der Waals surface area contributed by atoms with E-state index < -0.39 is 11.7 Å². The summed E-state index contributed by atoms with van der Waals surface area (Å²) in [7, 11) is 0. The lowest BCUT2D eigenvalue weighted by molar-refractivity contribution is 0.0605. The summed E-state index contributed by atoms with van der Waals surface area (Å²) in [5, 5.41) is 0. The zero-order chi connectivity index (χ0) is 14.6. The summed E-state index contributed by atoms with van der Waals surface area (Å²) in [6, 6.07) is 6.34. The number of hydrogen-bond donors (Lipinski definition) is 0. The van der Waals surface area contributed by atoms with Crippen LogP contribution in [0, 0.1) is 0 Å². The van der Waals surface area contributed by atoms with Gasteiger partial charge >= 0.3 is 6.09 Å². The van der Waals surface area contributed by atoms with Gasteiger partial charge in [-0.3, -0.25) is 0 Å². The predicted octanol–water partition coefficient (Wildman–Crippen LogP) is 4.31. The molecule has 1 amide bonds. The molecule has 2 rings (SSSR count). The van der Waals surface area contributed by atoms with E-state index in [1.54, 1.807) is 6.21 Å². The number of amides is 1. The number of rotatable bonds is 1. The number of hydrogen-bond acceptors (Lipinski definition) is 2. The van der Waals surface area contributed by atoms with E-state index in [9.17, 15) is 4.79 Å². The van der Waals surface area contributed by atoms with Crippen LogP contribution in [0.15, 0.2) is 23.2 Å². The number of fused-ring (bicyclic) bond motifs is 1. The Balaban J connectivity index is 2.06. The Labute approximate surface area is 121 Å². The Morgan fingerprint density at radius 3 is 2.55 bits per heavy atom. The van der Waals surface area contributed by atoms with Gasteiger partial charge in [-0.1, -0.05) is 18.6 Å². The highest BCUT2D eigenvalue weighted by Crippen LogP contribution is 2.21. The fourth-order valence-electron chi connectivity index (χ4n) is 2.43. The number of nitrogens with zero attached hydrogens (tertiary/aromatic N) is 1. The van der Waals surface area contributed by atoms with Crippen molar-refractivity contribution in [3.05, 3.63) is 34.9 Å². The van der Waals surface area contributed by atoms with E-state index in [0.717, 1.165) is 12.0 Å². The lowest BCUT2D eigenvalue weighted by atomic mass is 10.0. The lowest BCUT2D eigenvalue weighted by Crippen LogP contribution is -2.21. The molecular weight excluding hydrogens is 250 g/mol. The average Bonchev–Trinajstić information content (AvgIpc) is 2.58. The van der Waals surface area contributed by atoms with Crippen LogP contribution in [-0.4, -0.2) is 17.9 Å². The maximum Gasteiger partial charge on any atom is 0.434 e. The highest BCUT2D eigenvalue weighted by Gasteiger charge is 2.15. The van der Waals surface area contributed by atoms with Crippen molar-refractivity contribution in [1.82, 2.24) is 0 Å². The summed E-state index contributed by atoms with van der Waals surface area (Å²) in [4.78, 5) is 15.4. The molecule has 0 bridgehead atoms. The molecule has 3 nitrogen and oxygen atoms in total. The zero-order valence-corrected chi connectivity index (χ0v) is 12.6. The summed E-state index contributed by atoms with van der Waals surface area (Å²) in [6.45, 7) is 5.51. The minimum atomic E-state index is -0.535. The Bertz CT molecular complexity index is 512. The number of carbonyl (C=O) groups is 1. The van der Waals surface area contributed by atoms with Gasteiger partial charge in [-0.25, -0.2) is 4.79 Å².